The van der Waals surface area contributed by atoms with Crippen LogP contribution in [0.1, 0.15) is 6.42 Å². The molecule has 0 aromatic carbocycles. The third-order valence-corrected chi connectivity index (χ3v) is 2.10. The molecule has 1 rings (SSSR count). The Hall–Kier alpha value is -1.03. The van der Waals surface area contributed by atoms with Crippen LogP contribution in [-0.4, -0.2) is 35.4 Å². The summed E-state index contributed by atoms with van der Waals surface area (Å²) in [6.07, 6.45) is 2.08. The number of halogens is 1. The second-order valence-electron chi connectivity index (χ2n) is 2.73. The second-order valence-corrected chi connectivity index (χ2v) is 3.04. The first-order chi connectivity index (χ1) is 6.15. The molecule has 1 aliphatic heterocycles. The molecule has 0 bridgehead atoms. The normalized spacial score (nSPS) is 20.4. The minimum atomic E-state index is -0.835. The number of amides is 1. The van der Waals surface area contributed by atoms with Crippen LogP contribution in [-0.2, 0) is 9.53 Å². The molecule has 1 atom stereocenters. The van der Waals surface area contributed by atoms with Crippen molar-refractivity contribution in [1.29, 1.82) is 0 Å². The molecule has 1 aliphatic rings. The van der Waals surface area contributed by atoms with Crippen LogP contribution in [0, 0.1) is 0 Å². The first kappa shape index (κ1) is 10.1. The van der Waals surface area contributed by atoms with Gasteiger partial charge in [-0.1, -0.05) is 6.58 Å². The Morgan fingerprint density at radius 1 is 1.69 bits per heavy atom. The molecule has 1 unspecified atom stereocenters. The molecule has 0 aliphatic carbocycles. The van der Waals surface area contributed by atoms with Gasteiger partial charge in [0.05, 0.1) is 6.04 Å². The van der Waals surface area contributed by atoms with Crippen LogP contribution in [0.4, 0.5) is 4.79 Å². The lowest BCUT2D eigenvalue weighted by atomic mass is 10.0. The summed E-state index contributed by atoms with van der Waals surface area (Å²) in [6, 6.07) is -0.0341. The zero-order valence-electron chi connectivity index (χ0n) is 7.03. The molecule has 0 aromatic rings. The fourth-order valence-electron chi connectivity index (χ4n) is 1.18. The number of hydrogen-bond acceptors (Lipinski definition) is 3. The van der Waals surface area contributed by atoms with Gasteiger partial charge < -0.3 is 9.64 Å². The smallest absolute Gasteiger partial charge is 0.403 e. The highest BCUT2D eigenvalue weighted by molar-refractivity contribution is 6.61. The van der Waals surface area contributed by atoms with Crippen molar-refractivity contribution in [3.63, 3.8) is 0 Å². The zero-order chi connectivity index (χ0) is 9.84. The van der Waals surface area contributed by atoms with Gasteiger partial charge in [-0.2, -0.15) is 0 Å². The van der Waals surface area contributed by atoms with Gasteiger partial charge in [0, 0.05) is 18.1 Å². The molecule has 0 N–H and O–H groups in total. The van der Waals surface area contributed by atoms with Gasteiger partial charge in [0.2, 0.25) is 5.91 Å². The van der Waals surface area contributed by atoms with E-state index in [2.05, 4.69) is 11.3 Å². The second kappa shape index (κ2) is 4.28. The molecule has 4 nitrogen and oxygen atoms in total. The Labute approximate surface area is 81.1 Å². The lowest BCUT2D eigenvalue weighted by Gasteiger charge is -2.39. The molecule has 0 radical (unpaired) electrons. The maximum absolute atomic E-state index is 11.1. The topological polar surface area (TPSA) is 46.6 Å². The zero-order valence-corrected chi connectivity index (χ0v) is 7.79. The Bertz CT molecular complexity index is 242. The van der Waals surface area contributed by atoms with Crippen molar-refractivity contribution in [3.8, 4) is 0 Å². The summed E-state index contributed by atoms with van der Waals surface area (Å²) in [5, 5.41) is 0. The van der Waals surface area contributed by atoms with E-state index in [1.54, 1.807) is 4.90 Å². The maximum atomic E-state index is 11.1. The summed E-state index contributed by atoms with van der Waals surface area (Å²) >= 11 is 4.98. The lowest BCUT2D eigenvalue weighted by Crippen LogP contribution is -2.52. The third-order valence-electron chi connectivity index (χ3n) is 1.99. The minimum Gasteiger partial charge on any atom is -0.451 e. The Kier molecular flexibility index (Phi) is 3.31. The van der Waals surface area contributed by atoms with Gasteiger partial charge in [-0.05, 0) is 12.5 Å². The largest absolute Gasteiger partial charge is 0.451 e. The van der Waals surface area contributed by atoms with Crippen LogP contribution < -0.4 is 0 Å². The number of hydrogen-bond donors (Lipinski definition) is 0. The van der Waals surface area contributed by atoms with E-state index in [0.717, 1.165) is 6.42 Å². The molecule has 0 spiro atoms. The van der Waals surface area contributed by atoms with Crippen molar-refractivity contribution in [2.75, 3.05) is 13.2 Å². The van der Waals surface area contributed by atoms with Crippen LogP contribution in [0.25, 0.3) is 0 Å². The van der Waals surface area contributed by atoms with E-state index >= 15 is 0 Å². The summed E-state index contributed by atoms with van der Waals surface area (Å²) in [7, 11) is 0. The van der Waals surface area contributed by atoms with Crippen molar-refractivity contribution < 1.29 is 14.3 Å². The first-order valence-electron chi connectivity index (χ1n) is 3.90. The van der Waals surface area contributed by atoms with E-state index in [1.807, 2.05) is 0 Å². The number of carbonyl (C=O) groups excluding carboxylic acids is 2. The van der Waals surface area contributed by atoms with Crippen molar-refractivity contribution in [1.82, 2.24) is 4.90 Å². The molecular weight excluding hydrogens is 194 g/mol. The van der Waals surface area contributed by atoms with E-state index in [4.69, 9.17) is 11.6 Å². The van der Waals surface area contributed by atoms with E-state index < -0.39 is 5.43 Å². The molecule has 72 valence electrons. The molecule has 1 fully saturated rings. The standard InChI is InChI=1S/C8H10ClNO3/c1-2-7(11)10-4-3-6(10)5-13-8(9)12/h2,6H,1,3-5H2. The van der Waals surface area contributed by atoms with Crippen LogP contribution >= 0.6 is 11.6 Å². The highest BCUT2D eigenvalue weighted by atomic mass is 35.5. The predicted octanol–water partition coefficient (Wildman–Crippen LogP) is 1.15. The van der Waals surface area contributed by atoms with Crippen LogP contribution in [0.3, 0.4) is 0 Å². The van der Waals surface area contributed by atoms with Gasteiger partial charge in [-0.25, -0.2) is 4.79 Å². The maximum Gasteiger partial charge on any atom is 0.403 e. The third kappa shape index (κ3) is 2.45. The van der Waals surface area contributed by atoms with Gasteiger partial charge >= 0.3 is 5.43 Å². The van der Waals surface area contributed by atoms with E-state index in [9.17, 15) is 9.59 Å². The van der Waals surface area contributed by atoms with Crippen LogP contribution in [0.5, 0.6) is 0 Å². The lowest BCUT2D eigenvalue weighted by molar-refractivity contribution is -0.134. The SMILES string of the molecule is C=CC(=O)N1CCC1COC(=O)Cl. The number of nitrogens with zero attached hydrogens (tertiary/aromatic N) is 1. The van der Waals surface area contributed by atoms with E-state index in [1.165, 1.54) is 6.08 Å². The molecule has 1 saturated heterocycles. The van der Waals surface area contributed by atoms with Crippen molar-refractivity contribution >= 4 is 22.9 Å². The number of likely N-dealkylation sites (tertiary alicyclic amines) is 1. The molecule has 1 heterocycles. The van der Waals surface area contributed by atoms with Gasteiger partial charge in [0.25, 0.3) is 0 Å². The number of carbonyl (C=O) groups is 2. The average molecular weight is 204 g/mol. The fourth-order valence-corrected chi connectivity index (χ4v) is 1.25. The van der Waals surface area contributed by atoms with Gasteiger partial charge in [-0.15, -0.1) is 0 Å². The molecule has 13 heavy (non-hydrogen) atoms. The van der Waals surface area contributed by atoms with Crippen LogP contribution in [0.2, 0.25) is 0 Å². The van der Waals surface area contributed by atoms with Crippen LogP contribution in [0.15, 0.2) is 12.7 Å². The molecule has 1 amide bonds. The first-order valence-corrected chi connectivity index (χ1v) is 4.28. The quantitative estimate of drug-likeness (QED) is 0.511. The summed E-state index contributed by atoms with van der Waals surface area (Å²) in [4.78, 5) is 22.9. The van der Waals surface area contributed by atoms with Gasteiger partial charge in [0.1, 0.15) is 6.61 Å². The van der Waals surface area contributed by atoms with Crippen molar-refractivity contribution in [2.24, 2.45) is 0 Å². The Morgan fingerprint density at radius 2 is 2.38 bits per heavy atom. The Morgan fingerprint density at radius 3 is 2.77 bits per heavy atom. The monoisotopic (exact) mass is 203 g/mol. The molecule has 0 saturated carbocycles. The average Bonchev–Trinajstić information content (AvgIpc) is 2.01. The molecular formula is C8H10ClNO3. The van der Waals surface area contributed by atoms with Gasteiger partial charge in [0.15, 0.2) is 0 Å². The van der Waals surface area contributed by atoms with Gasteiger partial charge in [-0.3, -0.25) is 4.79 Å². The van der Waals surface area contributed by atoms with E-state index in [0.29, 0.717) is 6.54 Å². The number of ether oxygens (including phenoxy) is 1. The highest BCUT2D eigenvalue weighted by Gasteiger charge is 2.31. The summed E-state index contributed by atoms with van der Waals surface area (Å²) < 4.78 is 4.57. The Balaban J connectivity index is 2.32. The summed E-state index contributed by atoms with van der Waals surface area (Å²) in [5.74, 6) is -0.137. The predicted molar refractivity (Wildman–Crippen MR) is 47.5 cm³/mol. The minimum absolute atomic E-state index is 0.0341. The number of rotatable bonds is 3. The summed E-state index contributed by atoms with van der Waals surface area (Å²) in [5.41, 5.74) is -0.835. The highest BCUT2D eigenvalue weighted by Crippen LogP contribution is 2.18. The summed E-state index contributed by atoms with van der Waals surface area (Å²) in [6.45, 7) is 4.23. The van der Waals surface area contributed by atoms with E-state index in [-0.39, 0.29) is 18.6 Å². The molecule has 5 heteroatoms. The fraction of sp³-hybridized carbons (Fsp3) is 0.500. The van der Waals surface area contributed by atoms with Crippen molar-refractivity contribution in [3.05, 3.63) is 12.7 Å². The molecule has 0 aromatic heterocycles. The van der Waals surface area contributed by atoms with Crippen molar-refractivity contribution in [2.45, 2.75) is 12.5 Å².